The summed E-state index contributed by atoms with van der Waals surface area (Å²) in [5, 5.41) is 15.2. The van der Waals surface area contributed by atoms with E-state index in [0.717, 1.165) is 0 Å². The Morgan fingerprint density at radius 1 is 1.65 bits per heavy atom. The Balaban J connectivity index is 2.63. The second-order valence-corrected chi connectivity index (χ2v) is 3.63. The third kappa shape index (κ3) is 3.48. The van der Waals surface area contributed by atoms with E-state index in [1.807, 2.05) is 6.92 Å². The maximum absolute atomic E-state index is 12.0. The number of hydrogen-bond donors (Lipinski definition) is 2. The Morgan fingerprint density at radius 2 is 2.29 bits per heavy atom. The summed E-state index contributed by atoms with van der Waals surface area (Å²) in [6.07, 6.45) is -2.63. The van der Waals surface area contributed by atoms with Gasteiger partial charge < -0.3 is 10.4 Å². The second kappa shape index (κ2) is 5.72. The molecule has 1 aromatic heterocycles. The fourth-order valence-electron chi connectivity index (χ4n) is 1.37. The summed E-state index contributed by atoms with van der Waals surface area (Å²) in [6.45, 7) is 1.36. The van der Waals surface area contributed by atoms with Crippen LogP contribution in [0.15, 0.2) is 6.20 Å². The maximum Gasteiger partial charge on any atom is 0.265 e. The number of nitrogens with one attached hydrogen (secondary N) is 1. The number of hydrogen-bond acceptors (Lipinski definition) is 3. The van der Waals surface area contributed by atoms with Crippen LogP contribution < -0.4 is 5.32 Å². The fourth-order valence-corrected chi connectivity index (χ4v) is 1.37. The van der Waals surface area contributed by atoms with Crippen LogP contribution in [-0.2, 0) is 13.5 Å². The standard InChI is InChI=1S/C10H15F2N3O2/c1-3-7-6(5-15(2)14-7)10(17)13-4-8(16)9(11)12/h5,8-9,16H,3-4H2,1-2H3,(H,13,17). The molecule has 0 spiro atoms. The molecule has 0 saturated carbocycles. The summed E-state index contributed by atoms with van der Waals surface area (Å²) >= 11 is 0. The number of aromatic nitrogens is 2. The van der Waals surface area contributed by atoms with Gasteiger partial charge in [0.05, 0.1) is 11.3 Å². The van der Waals surface area contributed by atoms with Crippen molar-refractivity contribution in [3.8, 4) is 0 Å². The number of halogens is 2. The smallest absolute Gasteiger partial charge is 0.265 e. The third-order valence-electron chi connectivity index (χ3n) is 2.25. The molecule has 0 aliphatic rings. The predicted octanol–water partition coefficient (Wildman–Crippen LogP) is 0.338. The van der Waals surface area contributed by atoms with Crippen molar-refractivity contribution in [2.45, 2.75) is 25.9 Å². The van der Waals surface area contributed by atoms with Gasteiger partial charge in [0.15, 0.2) is 0 Å². The minimum absolute atomic E-state index is 0.344. The number of rotatable bonds is 5. The molecule has 1 rings (SSSR count). The van der Waals surface area contributed by atoms with Gasteiger partial charge in [-0.25, -0.2) is 8.78 Å². The second-order valence-electron chi connectivity index (χ2n) is 3.63. The Hall–Kier alpha value is -1.50. The number of carbonyl (C=O) groups excluding carboxylic acids is 1. The molecule has 0 aliphatic heterocycles. The quantitative estimate of drug-likeness (QED) is 0.788. The van der Waals surface area contributed by atoms with E-state index in [-0.39, 0.29) is 0 Å². The Morgan fingerprint density at radius 3 is 2.82 bits per heavy atom. The molecule has 96 valence electrons. The average molecular weight is 247 g/mol. The normalized spacial score (nSPS) is 12.8. The van der Waals surface area contributed by atoms with Gasteiger partial charge in [0, 0.05) is 19.8 Å². The molecule has 1 amide bonds. The number of aliphatic hydroxyl groups excluding tert-OH is 1. The van der Waals surface area contributed by atoms with Gasteiger partial charge in [0.25, 0.3) is 12.3 Å². The highest BCUT2D eigenvalue weighted by Crippen LogP contribution is 2.07. The first-order valence-corrected chi connectivity index (χ1v) is 5.22. The van der Waals surface area contributed by atoms with Crippen LogP contribution in [0.2, 0.25) is 0 Å². The molecule has 7 heteroatoms. The molecule has 0 saturated heterocycles. The lowest BCUT2D eigenvalue weighted by Gasteiger charge is -2.10. The number of amides is 1. The van der Waals surface area contributed by atoms with Gasteiger partial charge in [0.1, 0.15) is 6.10 Å². The number of carbonyl (C=O) groups is 1. The molecule has 2 N–H and O–H groups in total. The van der Waals surface area contributed by atoms with Crippen molar-refractivity contribution >= 4 is 5.91 Å². The van der Waals surface area contributed by atoms with Crippen molar-refractivity contribution in [3.05, 3.63) is 17.5 Å². The molecule has 0 aliphatic carbocycles. The van der Waals surface area contributed by atoms with E-state index in [0.29, 0.717) is 17.7 Å². The zero-order valence-electron chi connectivity index (χ0n) is 9.65. The van der Waals surface area contributed by atoms with Crippen LogP contribution in [-0.4, -0.2) is 39.9 Å². The van der Waals surface area contributed by atoms with Crippen molar-refractivity contribution in [1.82, 2.24) is 15.1 Å². The molecule has 0 aromatic carbocycles. The van der Waals surface area contributed by atoms with E-state index in [4.69, 9.17) is 5.11 Å². The van der Waals surface area contributed by atoms with Gasteiger partial charge in [-0.15, -0.1) is 0 Å². The van der Waals surface area contributed by atoms with E-state index in [2.05, 4.69) is 10.4 Å². The van der Waals surface area contributed by atoms with E-state index in [1.165, 1.54) is 10.9 Å². The molecule has 0 bridgehead atoms. The van der Waals surface area contributed by atoms with Gasteiger partial charge in [-0.1, -0.05) is 6.92 Å². The summed E-state index contributed by atoms with van der Waals surface area (Å²) in [6, 6.07) is 0. The van der Waals surface area contributed by atoms with Crippen LogP contribution in [0.25, 0.3) is 0 Å². The summed E-state index contributed by atoms with van der Waals surface area (Å²) in [4.78, 5) is 11.6. The van der Waals surface area contributed by atoms with Crippen LogP contribution in [0.1, 0.15) is 23.0 Å². The number of aryl methyl sites for hydroxylation is 2. The zero-order valence-corrected chi connectivity index (χ0v) is 9.65. The van der Waals surface area contributed by atoms with Crippen LogP contribution >= 0.6 is 0 Å². The molecule has 1 heterocycles. The van der Waals surface area contributed by atoms with Crippen molar-refractivity contribution in [2.24, 2.45) is 7.05 Å². The Kier molecular flexibility index (Phi) is 4.56. The first-order chi connectivity index (χ1) is 7.95. The lowest BCUT2D eigenvalue weighted by molar-refractivity contribution is -0.00270. The lowest BCUT2D eigenvalue weighted by atomic mass is 10.2. The van der Waals surface area contributed by atoms with Gasteiger partial charge >= 0.3 is 0 Å². The first kappa shape index (κ1) is 13.6. The molecule has 0 radical (unpaired) electrons. The van der Waals surface area contributed by atoms with Crippen molar-refractivity contribution in [1.29, 1.82) is 0 Å². The molecule has 5 nitrogen and oxygen atoms in total. The summed E-state index contributed by atoms with van der Waals surface area (Å²) in [5.74, 6) is -0.505. The number of alkyl halides is 2. The van der Waals surface area contributed by atoms with Gasteiger partial charge in [-0.05, 0) is 6.42 Å². The summed E-state index contributed by atoms with van der Waals surface area (Å²) in [5.41, 5.74) is 0.938. The van der Waals surface area contributed by atoms with Gasteiger partial charge in [-0.3, -0.25) is 9.48 Å². The molecule has 0 fully saturated rings. The summed E-state index contributed by atoms with van der Waals surface area (Å²) in [7, 11) is 1.67. The SMILES string of the molecule is CCc1nn(C)cc1C(=O)NCC(O)C(F)F. The Bertz CT molecular complexity index is 393. The lowest BCUT2D eigenvalue weighted by Crippen LogP contribution is -2.36. The molecule has 1 atom stereocenters. The number of aliphatic hydroxyl groups is 1. The largest absolute Gasteiger partial charge is 0.385 e. The van der Waals surface area contributed by atoms with Crippen LogP contribution in [0.5, 0.6) is 0 Å². The highest BCUT2D eigenvalue weighted by molar-refractivity contribution is 5.95. The van der Waals surface area contributed by atoms with Gasteiger partial charge in [-0.2, -0.15) is 5.10 Å². The molecule has 1 aromatic rings. The van der Waals surface area contributed by atoms with E-state index >= 15 is 0 Å². The molecule has 1 unspecified atom stereocenters. The predicted molar refractivity (Wildman–Crippen MR) is 56.9 cm³/mol. The zero-order chi connectivity index (χ0) is 13.0. The topological polar surface area (TPSA) is 67.2 Å². The van der Waals surface area contributed by atoms with Crippen LogP contribution in [0, 0.1) is 0 Å². The van der Waals surface area contributed by atoms with Crippen LogP contribution in [0.3, 0.4) is 0 Å². The minimum atomic E-state index is -2.87. The van der Waals surface area contributed by atoms with Crippen LogP contribution in [0.4, 0.5) is 8.78 Å². The fraction of sp³-hybridized carbons (Fsp3) is 0.600. The third-order valence-corrected chi connectivity index (χ3v) is 2.25. The van der Waals surface area contributed by atoms with E-state index in [1.54, 1.807) is 7.05 Å². The maximum atomic E-state index is 12.0. The molecule has 17 heavy (non-hydrogen) atoms. The van der Waals surface area contributed by atoms with Gasteiger partial charge in [0.2, 0.25) is 0 Å². The summed E-state index contributed by atoms with van der Waals surface area (Å²) < 4.78 is 25.5. The molecular weight excluding hydrogens is 232 g/mol. The highest BCUT2D eigenvalue weighted by Gasteiger charge is 2.19. The van der Waals surface area contributed by atoms with E-state index in [9.17, 15) is 13.6 Å². The Labute approximate surface area is 97.4 Å². The first-order valence-electron chi connectivity index (χ1n) is 5.22. The van der Waals surface area contributed by atoms with E-state index < -0.39 is 25.0 Å². The monoisotopic (exact) mass is 247 g/mol. The minimum Gasteiger partial charge on any atom is -0.385 e. The van der Waals surface area contributed by atoms with Crippen molar-refractivity contribution in [2.75, 3.05) is 6.54 Å². The van der Waals surface area contributed by atoms with Crippen molar-refractivity contribution in [3.63, 3.8) is 0 Å². The number of nitrogens with zero attached hydrogens (tertiary/aromatic N) is 2. The van der Waals surface area contributed by atoms with Crippen molar-refractivity contribution < 1.29 is 18.7 Å². The molecular formula is C10H15F2N3O2. The highest BCUT2D eigenvalue weighted by atomic mass is 19.3. The average Bonchev–Trinajstić information content (AvgIpc) is 2.66.